The van der Waals surface area contributed by atoms with Gasteiger partial charge in [0.2, 0.25) is 0 Å². The molecular weight excluding hydrogens is 821 g/mol. The zero-order valence-corrected chi connectivity index (χ0v) is 37.0. The molecular formula is C46H58N2O15. The summed E-state index contributed by atoms with van der Waals surface area (Å²) < 4.78 is 35.0. The Morgan fingerprint density at radius 1 is 0.921 bits per heavy atom. The van der Waals surface area contributed by atoms with E-state index in [0.717, 1.165) is 13.8 Å². The summed E-state index contributed by atoms with van der Waals surface area (Å²) in [5.74, 6) is -5.28. The molecule has 1 heterocycles. The van der Waals surface area contributed by atoms with Crippen molar-refractivity contribution in [2.24, 2.45) is 16.7 Å². The van der Waals surface area contributed by atoms with E-state index in [1.807, 2.05) is 0 Å². The van der Waals surface area contributed by atoms with Gasteiger partial charge in [-0.1, -0.05) is 74.5 Å². The summed E-state index contributed by atoms with van der Waals surface area (Å²) in [7, 11) is 0. The zero-order valence-electron chi connectivity index (χ0n) is 37.0. The summed E-state index contributed by atoms with van der Waals surface area (Å²) in [5, 5.41) is 42.8. The minimum absolute atomic E-state index is 0.0000706. The minimum Gasteiger partial charge on any atom is -0.456 e. The fraction of sp³-hybridized carbons (Fsp3) is 0.565. The Morgan fingerprint density at radius 3 is 2.10 bits per heavy atom. The average molecular weight is 879 g/mol. The number of fused-ring (bicyclic) bond motifs is 5. The number of rotatable bonds is 10. The molecule has 0 spiro atoms. The predicted octanol–water partition coefficient (Wildman–Crippen LogP) is 3.90. The summed E-state index contributed by atoms with van der Waals surface area (Å²) >= 11 is 0. The summed E-state index contributed by atoms with van der Waals surface area (Å²) in [6.45, 7) is 12.7. The number of hydrogen-bond acceptors (Lipinski definition) is 15. The molecule has 6 rings (SSSR count). The number of ether oxygens (including phenoxy) is 6. The number of hydrogen-bond donors (Lipinski definition) is 5. The van der Waals surface area contributed by atoms with Gasteiger partial charge in [-0.3, -0.25) is 14.4 Å². The van der Waals surface area contributed by atoms with E-state index in [2.05, 4.69) is 10.6 Å². The highest BCUT2D eigenvalue weighted by atomic mass is 16.6. The third-order valence-electron chi connectivity index (χ3n) is 13.1. The topological polar surface area (TPSA) is 243 Å². The molecule has 63 heavy (non-hydrogen) atoms. The first kappa shape index (κ1) is 47.1. The fourth-order valence-electron chi connectivity index (χ4n) is 10.1. The highest BCUT2D eigenvalue weighted by Gasteiger charge is 2.77. The van der Waals surface area contributed by atoms with Crippen LogP contribution in [0, 0.1) is 16.7 Å². The molecule has 17 heteroatoms. The molecule has 342 valence electrons. The molecule has 0 radical (unpaired) electrons. The van der Waals surface area contributed by atoms with Gasteiger partial charge in [0.15, 0.2) is 23.6 Å². The molecule has 0 unspecified atom stereocenters. The lowest BCUT2D eigenvalue weighted by molar-refractivity contribution is -0.332. The van der Waals surface area contributed by atoms with Gasteiger partial charge in [0.05, 0.1) is 35.8 Å². The number of carbonyl (C=O) groups excluding carboxylic acids is 6. The highest BCUT2D eigenvalue weighted by molar-refractivity contribution is 5.95. The Balaban J connectivity index is 1.51. The van der Waals surface area contributed by atoms with E-state index in [1.165, 1.54) is 13.8 Å². The van der Waals surface area contributed by atoms with Crippen LogP contribution in [0.3, 0.4) is 0 Å². The van der Waals surface area contributed by atoms with Crippen LogP contribution in [-0.4, -0.2) is 111 Å². The molecule has 11 atom stereocenters. The molecule has 5 N–H and O–H groups in total. The van der Waals surface area contributed by atoms with Gasteiger partial charge in [0, 0.05) is 38.0 Å². The first-order valence-electron chi connectivity index (χ1n) is 20.9. The van der Waals surface area contributed by atoms with E-state index in [0.29, 0.717) is 11.1 Å². The van der Waals surface area contributed by atoms with Crippen LogP contribution in [0.1, 0.15) is 92.3 Å². The fourth-order valence-corrected chi connectivity index (χ4v) is 10.1. The van der Waals surface area contributed by atoms with Crippen molar-refractivity contribution in [3.63, 3.8) is 0 Å². The summed E-state index contributed by atoms with van der Waals surface area (Å²) in [5.41, 5.74) is -7.59. The zero-order chi connectivity index (χ0) is 46.4. The largest absolute Gasteiger partial charge is 0.456 e. The lowest BCUT2D eigenvalue weighted by Crippen LogP contribution is -2.83. The van der Waals surface area contributed by atoms with E-state index < -0.39 is 118 Å². The normalized spacial score (nSPS) is 31.8. The Labute approximate surface area is 365 Å². The lowest BCUT2D eigenvalue weighted by atomic mass is 9.44. The Hall–Kier alpha value is -5.36. The molecule has 2 aromatic rings. The van der Waals surface area contributed by atoms with Gasteiger partial charge in [0.1, 0.15) is 24.4 Å². The monoisotopic (exact) mass is 878 g/mol. The number of aliphatic hydroxyl groups excluding tert-OH is 2. The molecule has 0 aromatic heterocycles. The maximum absolute atomic E-state index is 15.5. The van der Waals surface area contributed by atoms with Crippen LogP contribution < -0.4 is 10.6 Å². The maximum Gasteiger partial charge on any atom is 0.408 e. The molecule has 2 bridgehead atoms. The molecule has 2 aromatic carbocycles. The number of ketones is 1. The van der Waals surface area contributed by atoms with Crippen molar-refractivity contribution in [1.29, 1.82) is 0 Å². The Bertz CT molecular complexity index is 2140. The third-order valence-corrected chi connectivity index (χ3v) is 13.1. The molecule has 2 amide bonds. The van der Waals surface area contributed by atoms with Crippen LogP contribution >= 0.6 is 0 Å². The van der Waals surface area contributed by atoms with Crippen molar-refractivity contribution in [2.45, 2.75) is 141 Å². The van der Waals surface area contributed by atoms with E-state index in [4.69, 9.17) is 28.4 Å². The number of carbonyl (C=O) groups is 6. The van der Waals surface area contributed by atoms with Crippen LogP contribution in [-0.2, 0) is 54.2 Å². The summed E-state index contributed by atoms with van der Waals surface area (Å²) in [6.07, 6.45) is -10.7. The van der Waals surface area contributed by atoms with Crippen molar-refractivity contribution in [3.05, 3.63) is 82.9 Å². The van der Waals surface area contributed by atoms with Gasteiger partial charge < -0.3 is 54.4 Å². The van der Waals surface area contributed by atoms with Crippen LogP contribution in [0.4, 0.5) is 9.59 Å². The van der Waals surface area contributed by atoms with Crippen molar-refractivity contribution < 1.29 is 72.5 Å². The minimum atomic E-state index is -2.34. The number of nitrogens with one attached hydrogen (secondary N) is 2. The highest BCUT2D eigenvalue weighted by Crippen LogP contribution is 2.63. The maximum atomic E-state index is 15.5. The van der Waals surface area contributed by atoms with Gasteiger partial charge in [-0.25, -0.2) is 14.4 Å². The SMILES string of the molecule is CC(=O)O[C@H]1C(=O)[C@@]2(C)[C@H]([C@H](NC(=O)OCc3ccccc3)[C@]3(O)C[C@H](OC(=O)[C@H](O)[C@@H](NC(=O)OC(C)(C)C)c4ccccc4)C(C)=C1C3(C)C)[C@]1(OC(C)=O)CO[C@@H]1C[C@@H]2O. The van der Waals surface area contributed by atoms with E-state index >= 15 is 4.79 Å². The van der Waals surface area contributed by atoms with Crippen LogP contribution in [0.5, 0.6) is 0 Å². The number of aliphatic hydroxyl groups is 3. The molecule has 3 fully saturated rings. The number of Topliss-reactive ketones (excluding diaryl/α,β-unsaturated/α-hetero) is 1. The van der Waals surface area contributed by atoms with Gasteiger partial charge in [-0.2, -0.15) is 0 Å². The van der Waals surface area contributed by atoms with Gasteiger partial charge >= 0.3 is 30.1 Å². The molecule has 1 saturated heterocycles. The van der Waals surface area contributed by atoms with E-state index in [1.54, 1.807) is 95.3 Å². The third kappa shape index (κ3) is 8.67. The van der Waals surface area contributed by atoms with Gasteiger partial charge in [-0.15, -0.1) is 0 Å². The molecule has 4 aliphatic rings. The summed E-state index contributed by atoms with van der Waals surface area (Å²) in [4.78, 5) is 82.9. The number of alkyl carbamates (subject to hydrolysis) is 2. The molecule has 3 aliphatic carbocycles. The number of amides is 2. The standard InChI is InChI=1S/C46H58N2O15/c1-24-29(61-39(54)34(52)33(28-18-14-11-15-19-28)47-41(56)63-42(4,5)6)21-46(57)37(48-40(55)58-22-27-16-12-10-13-17-27)36-44(9,30(51)20-31-45(36,23-59-31)62-26(3)50)38(53)35(60-25(2)49)32(24)43(46,7)8/h10-19,29-31,33-37,51-52,57H,20-23H2,1-9H3,(H,47,56)(H,48,55)/t29-,30-,31+,33-,34+,35+,36-,37-,44+,45-,46+/m0/s1. The van der Waals surface area contributed by atoms with Crippen molar-refractivity contribution >= 4 is 35.9 Å². The second-order valence-electron chi connectivity index (χ2n) is 18.7. The predicted molar refractivity (Wildman–Crippen MR) is 221 cm³/mol. The van der Waals surface area contributed by atoms with Crippen LogP contribution in [0.15, 0.2) is 71.8 Å². The Kier molecular flexibility index (Phi) is 13.0. The second kappa shape index (κ2) is 17.3. The number of esters is 3. The van der Waals surface area contributed by atoms with E-state index in [-0.39, 0.29) is 30.8 Å². The smallest absolute Gasteiger partial charge is 0.408 e. The molecule has 1 aliphatic heterocycles. The molecule has 2 saturated carbocycles. The first-order valence-corrected chi connectivity index (χ1v) is 20.9. The van der Waals surface area contributed by atoms with Crippen molar-refractivity contribution in [2.75, 3.05) is 6.61 Å². The Morgan fingerprint density at radius 2 is 1.54 bits per heavy atom. The van der Waals surface area contributed by atoms with E-state index in [9.17, 15) is 39.3 Å². The first-order chi connectivity index (χ1) is 29.4. The lowest BCUT2D eigenvalue weighted by Gasteiger charge is -2.68. The van der Waals surface area contributed by atoms with Crippen LogP contribution in [0.25, 0.3) is 0 Å². The average Bonchev–Trinajstić information content (AvgIpc) is 3.19. The molecule has 17 nitrogen and oxygen atoms in total. The van der Waals surface area contributed by atoms with Gasteiger partial charge in [0.25, 0.3) is 0 Å². The number of benzene rings is 2. The summed E-state index contributed by atoms with van der Waals surface area (Å²) in [6, 6.07) is 13.8. The van der Waals surface area contributed by atoms with Gasteiger partial charge in [-0.05, 0) is 56.9 Å². The van der Waals surface area contributed by atoms with Crippen LogP contribution in [0.2, 0.25) is 0 Å². The van der Waals surface area contributed by atoms with Crippen molar-refractivity contribution in [3.8, 4) is 0 Å². The second-order valence-corrected chi connectivity index (χ2v) is 18.7. The quantitative estimate of drug-likeness (QED) is 0.129. The van der Waals surface area contributed by atoms with Crippen molar-refractivity contribution in [1.82, 2.24) is 10.6 Å².